The van der Waals surface area contributed by atoms with E-state index in [0.717, 1.165) is 5.56 Å². The summed E-state index contributed by atoms with van der Waals surface area (Å²) < 4.78 is 5.20. The molecule has 7 nitrogen and oxygen atoms in total. The second-order valence-electron chi connectivity index (χ2n) is 10.4. The summed E-state index contributed by atoms with van der Waals surface area (Å²) in [6, 6.07) is 15.5. The summed E-state index contributed by atoms with van der Waals surface area (Å²) in [4.78, 5) is 4.39. The lowest BCUT2D eigenvalue weighted by Gasteiger charge is -2.52. The number of ether oxygens (including phenoxy) is 1. The lowest BCUT2D eigenvalue weighted by Crippen LogP contribution is -2.63. The maximum absolute atomic E-state index is 12.3. The predicted molar refractivity (Wildman–Crippen MR) is 135 cm³/mol. The van der Waals surface area contributed by atoms with Crippen molar-refractivity contribution in [2.24, 2.45) is 5.41 Å². The van der Waals surface area contributed by atoms with Crippen LogP contribution in [0.3, 0.4) is 0 Å². The van der Waals surface area contributed by atoms with Gasteiger partial charge in [0.25, 0.3) is 0 Å². The summed E-state index contributed by atoms with van der Waals surface area (Å²) in [7, 11) is 1.55. The van der Waals surface area contributed by atoms with E-state index in [9.17, 15) is 10.2 Å². The summed E-state index contributed by atoms with van der Waals surface area (Å²) in [6.45, 7) is 9.55. The largest absolute Gasteiger partial charge is 0.481 e. The first-order valence-electron chi connectivity index (χ1n) is 12.2. The Kier molecular flexibility index (Phi) is 6.95. The number of nitrogens with zero attached hydrogens (tertiary/aromatic N) is 3. The molecule has 1 aliphatic heterocycles. The third-order valence-electron chi connectivity index (χ3n) is 7.37. The zero-order chi connectivity index (χ0) is 25.3. The smallest absolute Gasteiger partial charge is 0.213 e. The highest BCUT2D eigenvalue weighted by Crippen LogP contribution is 2.47. The zero-order valence-electron chi connectivity index (χ0n) is 21.2. The number of benzene rings is 1. The summed E-state index contributed by atoms with van der Waals surface area (Å²) in [6.07, 6.45) is 2.53. The molecule has 3 N–H and O–H groups in total. The van der Waals surface area contributed by atoms with Gasteiger partial charge in [-0.15, -0.1) is 0 Å². The van der Waals surface area contributed by atoms with Crippen LogP contribution in [0, 0.1) is 5.41 Å². The van der Waals surface area contributed by atoms with Gasteiger partial charge in [-0.05, 0) is 48.9 Å². The van der Waals surface area contributed by atoms with E-state index in [2.05, 4.69) is 53.4 Å². The van der Waals surface area contributed by atoms with E-state index in [-0.39, 0.29) is 5.41 Å². The van der Waals surface area contributed by atoms with Crippen LogP contribution in [-0.4, -0.2) is 45.6 Å². The Balaban J connectivity index is 1.63. The molecule has 0 amide bonds. The topological polar surface area (TPSA) is 100 Å². The molecule has 1 fully saturated rings. The molecule has 1 saturated heterocycles. The van der Waals surface area contributed by atoms with Gasteiger partial charge in [0, 0.05) is 30.1 Å². The number of hydrogen-bond donors (Lipinski definition) is 3. The number of nitrogens with one attached hydrogen (secondary N) is 1. The summed E-state index contributed by atoms with van der Waals surface area (Å²) >= 11 is 0. The van der Waals surface area contributed by atoms with Gasteiger partial charge in [0.1, 0.15) is 11.2 Å². The normalized spacial score (nSPS) is 18.4. The van der Waals surface area contributed by atoms with Crippen molar-refractivity contribution >= 4 is 0 Å². The minimum atomic E-state index is -1.23. The molecule has 186 valence electrons. The zero-order valence-corrected chi connectivity index (χ0v) is 21.2. The van der Waals surface area contributed by atoms with Gasteiger partial charge in [-0.1, -0.05) is 51.1 Å². The Bertz CT molecular complexity index is 1160. The van der Waals surface area contributed by atoms with Crippen molar-refractivity contribution in [2.75, 3.05) is 20.2 Å². The lowest BCUT2D eigenvalue weighted by atomic mass is 9.63. The minimum Gasteiger partial charge on any atom is -0.481 e. The summed E-state index contributed by atoms with van der Waals surface area (Å²) in [5.41, 5.74) is 1.25. The molecule has 1 aliphatic rings. The van der Waals surface area contributed by atoms with Crippen molar-refractivity contribution in [3.05, 3.63) is 82.8 Å². The van der Waals surface area contributed by atoms with Crippen molar-refractivity contribution in [1.82, 2.24) is 20.5 Å². The first-order valence-corrected chi connectivity index (χ1v) is 12.2. The van der Waals surface area contributed by atoms with Gasteiger partial charge >= 0.3 is 0 Å². The number of aromatic nitrogens is 3. The number of rotatable bonds is 9. The molecular weight excluding hydrogens is 440 g/mol. The Labute approximate surface area is 207 Å². The third kappa shape index (κ3) is 4.81. The Morgan fingerprint density at radius 3 is 2.40 bits per heavy atom. The standard InChI is InChI=1S/C28H36N4O3/c1-19(2)20-9-11-21(12-10-20)28(34,26(3)17-29-18-26)22-15-23(32-30-16-22)13-14-27(4,33)24-7-6-8-25(31-24)35-5/h6-12,15-16,19,29,33-34H,13-14,17-18H2,1-5H3/t27?,28-/m0/s1. The number of pyridine rings is 1. The molecule has 2 atom stereocenters. The average Bonchev–Trinajstić information content (AvgIpc) is 2.86. The molecule has 3 heterocycles. The number of hydrogen-bond acceptors (Lipinski definition) is 7. The quantitative estimate of drug-likeness (QED) is 0.433. The second-order valence-corrected chi connectivity index (χ2v) is 10.4. The summed E-state index contributed by atoms with van der Waals surface area (Å²) in [5.74, 6) is 0.875. The molecule has 7 heteroatoms. The number of aliphatic hydroxyl groups is 2. The molecular formula is C28H36N4O3. The van der Waals surface area contributed by atoms with Crippen molar-refractivity contribution in [3.63, 3.8) is 0 Å². The van der Waals surface area contributed by atoms with Crippen molar-refractivity contribution < 1.29 is 14.9 Å². The number of aryl methyl sites for hydroxylation is 1. The van der Waals surface area contributed by atoms with E-state index in [1.54, 1.807) is 32.4 Å². The fourth-order valence-corrected chi connectivity index (χ4v) is 4.79. The van der Waals surface area contributed by atoms with Gasteiger partial charge < -0.3 is 20.3 Å². The third-order valence-corrected chi connectivity index (χ3v) is 7.37. The second kappa shape index (κ2) is 9.64. The van der Waals surface area contributed by atoms with E-state index in [0.29, 0.717) is 54.7 Å². The fourth-order valence-electron chi connectivity index (χ4n) is 4.79. The highest BCUT2D eigenvalue weighted by Gasteiger charge is 2.53. The van der Waals surface area contributed by atoms with E-state index >= 15 is 0 Å². The first kappa shape index (κ1) is 25.2. The van der Waals surface area contributed by atoms with Gasteiger partial charge in [0.15, 0.2) is 0 Å². The van der Waals surface area contributed by atoms with Gasteiger partial charge in [0.2, 0.25) is 5.88 Å². The van der Waals surface area contributed by atoms with Crippen molar-refractivity contribution in [3.8, 4) is 5.88 Å². The van der Waals surface area contributed by atoms with Crippen LogP contribution in [0.2, 0.25) is 0 Å². The van der Waals surface area contributed by atoms with Crippen LogP contribution in [0.5, 0.6) is 5.88 Å². The molecule has 0 spiro atoms. The molecule has 35 heavy (non-hydrogen) atoms. The van der Waals surface area contributed by atoms with E-state index in [4.69, 9.17) is 4.74 Å². The van der Waals surface area contributed by atoms with Crippen LogP contribution in [0.15, 0.2) is 54.7 Å². The highest BCUT2D eigenvalue weighted by molar-refractivity contribution is 5.41. The Morgan fingerprint density at radius 1 is 1.09 bits per heavy atom. The van der Waals surface area contributed by atoms with Crippen LogP contribution in [0.4, 0.5) is 0 Å². The van der Waals surface area contributed by atoms with Gasteiger partial charge in [-0.3, -0.25) is 0 Å². The van der Waals surface area contributed by atoms with Crippen LogP contribution < -0.4 is 10.1 Å². The molecule has 0 radical (unpaired) electrons. The maximum Gasteiger partial charge on any atom is 0.213 e. The highest BCUT2D eigenvalue weighted by atomic mass is 16.5. The molecule has 0 bridgehead atoms. The Hall–Kier alpha value is -2.87. The van der Waals surface area contributed by atoms with E-state index in [1.165, 1.54) is 5.56 Å². The molecule has 1 aromatic carbocycles. The van der Waals surface area contributed by atoms with Gasteiger partial charge in [0.05, 0.1) is 24.7 Å². The van der Waals surface area contributed by atoms with Crippen LogP contribution in [0.25, 0.3) is 0 Å². The molecule has 1 unspecified atom stereocenters. The van der Waals surface area contributed by atoms with Gasteiger partial charge in [-0.25, -0.2) is 4.98 Å². The lowest BCUT2D eigenvalue weighted by molar-refractivity contribution is -0.0771. The molecule has 0 saturated carbocycles. The van der Waals surface area contributed by atoms with Crippen molar-refractivity contribution in [2.45, 2.75) is 57.7 Å². The SMILES string of the molecule is COc1cccc(C(C)(O)CCc2cc([C@@](O)(c3ccc(C(C)C)cc3)C3(C)CNC3)cnn2)n1. The average molecular weight is 477 g/mol. The Morgan fingerprint density at radius 2 is 1.80 bits per heavy atom. The maximum atomic E-state index is 12.3. The molecule has 3 aromatic rings. The van der Waals surface area contributed by atoms with Crippen LogP contribution in [0.1, 0.15) is 68.1 Å². The van der Waals surface area contributed by atoms with Crippen LogP contribution in [-0.2, 0) is 17.6 Å². The minimum absolute atomic E-state index is 0.386. The molecule has 2 aromatic heterocycles. The van der Waals surface area contributed by atoms with E-state index in [1.807, 2.05) is 24.3 Å². The predicted octanol–water partition coefficient (Wildman–Crippen LogP) is 3.69. The van der Waals surface area contributed by atoms with E-state index < -0.39 is 11.2 Å². The van der Waals surface area contributed by atoms with Crippen LogP contribution >= 0.6 is 0 Å². The molecule has 0 aliphatic carbocycles. The van der Waals surface area contributed by atoms with Crippen molar-refractivity contribution in [1.29, 1.82) is 0 Å². The van der Waals surface area contributed by atoms with Gasteiger partial charge in [-0.2, -0.15) is 10.2 Å². The molecule has 4 rings (SSSR count). The summed E-state index contributed by atoms with van der Waals surface area (Å²) in [5, 5.41) is 35.2. The monoisotopic (exact) mass is 476 g/mol. The number of methoxy groups -OCH3 is 1. The first-order chi connectivity index (χ1) is 16.6. The fraction of sp³-hybridized carbons (Fsp3) is 0.464.